The number of nitrogens with one attached hydrogen (secondary N) is 2. The molecule has 9 heteroatoms. The first kappa shape index (κ1) is 14.5. The number of carboxylic acid groups (broad SMARTS) is 1. The molecule has 0 amide bonds. The predicted octanol–water partition coefficient (Wildman–Crippen LogP) is 1.09. The molecule has 2 aromatic rings. The number of H-pyrrole nitrogens is 1. The summed E-state index contributed by atoms with van der Waals surface area (Å²) in [5, 5.41) is 18.0. The number of rotatable bonds is 4. The molecule has 0 bridgehead atoms. The highest BCUT2D eigenvalue weighted by molar-refractivity contribution is 7.92. The first-order chi connectivity index (χ1) is 9.86. The maximum atomic E-state index is 12.3. The minimum absolute atomic E-state index is 0.104. The Morgan fingerprint density at radius 1 is 1.52 bits per heavy atom. The number of aryl methyl sites for hydroxylation is 1. The van der Waals surface area contributed by atoms with E-state index in [1.807, 2.05) is 0 Å². The summed E-state index contributed by atoms with van der Waals surface area (Å²) in [6.07, 6.45) is 2.53. The van der Waals surface area contributed by atoms with Gasteiger partial charge in [-0.05, 0) is 19.1 Å². The third-order valence-electron chi connectivity index (χ3n) is 2.70. The quantitative estimate of drug-likeness (QED) is 0.773. The minimum atomic E-state index is -4.12. The van der Waals surface area contributed by atoms with E-state index in [2.05, 4.69) is 14.7 Å². The lowest BCUT2D eigenvalue weighted by molar-refractivity contribution is 0.0697. The molecule has 21 heavy (non-hydrogen) atoms. The van der Waals surface area contributed by atoms with Crippen LogP contribution in [0.5, 0.6) is 0 Å². The van der Waals surface area contributed by atoms with E-state index in [1.165, 1.54) is 31.5 Å². The van der Waals surface area contributed by atoms with Crippen LogP contribution in [0.2, 0.25) is 0 Å². The Hall–Kier alpha value is -2.86. The van der Waals surface area contributed by atoms with E-state index in [0.29, 0.717) is 5.69 Å². The molecule has 0 aliphatic carbocycles. The van der Waals surface area contributed by atoms with Crippen LogP contribution in [0, 0.1) is 18.3 Å². The number of sulfonamides is 1. The van der Waals surface area contributed by atoms with Crippen molar-refractivity contribution in [3.8, 4) is 6.07 Å². The average molecular weight is 306 g/mol. The Kier molecular flexibility index (Phi) is 3.64. The van der Waals surface area contributed by atoms with Crippen molar-refractivity contribution in [2.45, 2.75) is 11.8 Å². The smallest absolute Gasteiger partial charge is 0.339 e. The number of carbonyl (C=O) groups is 1. The van der Waals surface area contributed by atoms with Gasteiger partial charge < -0.3 is 10.1 Å². The van der Waals surface area contributed by atoms with Crippen molar-refractivity contribution >= 4 is 21.7 Å². The largest absolute Gasteiger partial charge is 0.478 e. The van der Waals surface area contributed by atoms with Crippen LogP contribution in [-0.2, 0) is 10.0 Å². The Morgan fingerprint density at radius 3 is 2.86 bits per heavy atom. The maximum absolute atomic E-state index is 12.3. The molecule has 0 fully saturated rings. The molecular weight excluding hydrogens is 296 g/mol. The van der Waals surface area contributed by atoms with Gasteiger partial charge in [0.15, 0.2) is 5.69 Å². The second kappa shape index (κ2) is 5.26. The number of anilines is 1. The summed E-state index contributed by atoms with van der Waals surface area (Å²) >= 11 is 0. The van der Waals surface area contributed by atoms with Gasteiger partial charge in [0.2, 0.25) is 0 Å². The van der Waals surface area contributed by atoms with Crippen molar-refractivity contribution in [3.63, 3.8) is 0 Å². The van der Waals surface area contributed by atoms with Gasteiger partial charge in [0, 0.05) is 18.1 Å². The van der Waals surface area contributed by atoms with Crippen molar-refractivity contribution in [3.05, 3.63) is 41.5 Å². The molecule has 0 unspecified atom stereocenters. The van der Waals surface area contributed by atoms with Gasteiger partial charge in [-0.15, -0.1) is 0 Å². The van der Waals surface area contributed by atoms with Gasteiger partial charge >= 0.3 is 5.97 Å². The van der Waals surface area contributed by atoms with Crippen LogP contribution in [0.3, 0.4) is 0 Å². The minimum Gasteiger partial charge on any atom is -0.478 e. The van der Waals surface area contributed by atoms with Crippen molar-refractivity contribution in [1.82, 2.24) is 9.97 Å². The molecule has 2 rings (SSSR count). The second-order valence-electron chi connectivity index (χ2n) is 4.07. The SMILES string of the molecule is Cc1[nH]cc(NS(=O)(=O)c2cccnc2C#N)c1C(=O)O. The zero-order valence-electron chi connectivity index (χ0n) is 10.8. The summed E-state index contributed by atoms with van der Waals surface area (Å²) < 4.78 is 26.7. The van der Waals surface area contributed by atoms with Crippen LogP contribution in [0.25, 0.3) is 0 Å². The van der Waals surface area contributed by atoms with E-state index in [-0.39, 0.29) is 21.8 Å². The van der Waals surface area contributed by atoms with Crippen LogP contribution in [0.15, 0.2) is 29.4 Å². The molecule has 8 nitrogen and oxygen atoms in total. The van der Waals surface area contributed by atoms with Crippen LogP contribution in [-0.4, -0.2) is 29.5 Å². The third kappa shape index (κ3) is 2.70. The fourth-order valence-corrected chi connectivity index (χ4v) is 2.95. The highest BCUT2D eigenvalue weighted by Crippen LogP contribution is 2.23. The second-order valence-corrected chi connectivity index (χ2v) is 5.73. The normalized spacial score (nSPS) is 10.9. The Bertz CT molecular complexity index is 848. The van der Waals surface area contributed by atoms with Crippen molar-refractivity contribution in [1.29, 1.82) is 5.26 Å². The molecule has 2 aromatic heterocycles. The fourth-order valence-electron chi connectivity index (χ4n) is 1.77. The van der Waals surface area contributed by atoms with Crippen LogP contribution in [0.1, 0.15) is 21.7 Å². The van der Waals surface area contributed by atoms with Gasteiger partial charge in [-0.1, -0.05) is 0 Å². The Labute approximate surface area is 120 Å². The molecule has 0 radical (unpaired) electrons. The van der Waals surface area contributed by atoms with Gasteiger partial charge in [0.25, 0.3) is 10.0 Å². The summed E-state index contributed by atoms with van der Waals surface area (Å²) in [6, 6.07) is 4.26. The zero-order chi connectivity index (χ0) is 15.6. The van der Waals surface area contributed by atoms with Crippen LogP contribution in [0.4, 0.5) is 5.69 Å². The monoisotopic (exact) mass is 306 g/mol. The first-order valence-corrected chi connectivity index (χ1v) is 7.14. The van der Waals surface area contributed by atoms with Crippen molar-refractivity contribution in [2.75, 3.05) is 4.72 Å². The summed E-state index contributed by atoms with van der Waals surface area (Å²) in [4.78, 5) is 17.1. The standard InChI is InChI=1S/C12H10N4O4S/c1-7-11(12(17)18)9(6-15-7)16-21(19,20)10-3-2-4-14-8(10)5-13/h2-4,6,15-16H,1H3,(H,17,18). The third-order valence-corrected chi connectivity index (χ3v) is 4.10. The van der Waals surface area contributed by atoms with Crippen molar-refractivity contribution in [2.24, 2.45) is 0 Å². The van der Waals surface area contributed by atoms with Gasteiger partial charge in [-0.25, -0.2) is 18.2 Å². The fraction of sp³-hybridized carbons (Fsp3) is 0.0833. The van der Waals surface area contributed by atoms with Gasteiger partial charge in [-0.2, -0.15) is 5.26 Å². The van der Waals surface area contributed by atoms with E-state index in [4.69, 9.17) is 10.4 Å². The number of carboxylic acids is 1. The summed E-state index contributed by atoms with van der Waals surface area (Å²) in [6.45, 7) is 1.51. The molecule has 0 aliphatic rings. The molecule has 0 saturated heterocycles. The van der Waals surface area contributed by atoms with Gasteiger partial charge in [-0.3, -0.25) is 4.72 Å². The Balaban J connectivity index is 2.49. The molecule has 108 valence electrons. The predicted molar refractivity (Wildman–Crippen MR) is 72.2 cm³/mol. The molecule has 0 spiro atoms. The molecule has 0 saturated carbocycles. The maximum Gasteiger partial charge on any atom is 0.339 e. The molecule has 0 aliphatic heterocycles. The average Bonchev–Trinajstić information content (AvgIpc) is 2.79. The number of pyridine rings is 1. The molecule has 2 heterocycles. The highest BCUT2D eigenvalue weighted by Gasteiger charge is 2.23. The molecule has 0 atom stereocenters. The van der Waals surface area contributed by atoms with Crippen molar-refractivity contribution < 1.29 is 18.3 Å². The molecule has 3 N–H and O–H groups in total. The number of nitrogens with zero attached hydrogens (tertiary/aromatic N) is 2. The summed E-state index contributed by atoms with van der Waals surface area (Å²) in [5.74, 6) is -1.27. The Morgan fingerprint density at radius 2 is 2.24 bits per heavy atom. The number of hydrogen-bond donors (Lipinski definition) is 3. The summed E-state index contributed by atoms with van der Waals surface area (Å²) in [5.41, 5.74) is -0.241. The number of nitriles is 1. The van der Waals surface area contributed by atoms with E-state index in [0.717, 1.165) is 0 Å². The highest BCUT2D eigenvalue weighted by atomic mass is 32.2. The lowest BCUT2D eigenvalue weighted by Crippen LogP contribution is -2.16. The van der Waals surface area contributed by atoms with E-state index in [1.54, 1.807) is 6.07 Å². The van der Waals surface area contributed by atoms with E-state index in [9.17, 15) is 13.2 Å². The lowest BCUT2D eigenvalue weighted by atomic mass is 10.2. The van der Waals surface area contributed by atoms with Gasteiger partial charge in [0.05, 0.1) is 5.69 Å². The lowest BCUT2D eigenvalue weighted by Gasteiger charge is -2.08. The van der Waals surface area contributed by atoms with E-state index < -0.39 is 16.0 Å². The van der Waals surface area contributed by atoms with E-state index >= 15 is 0 Å². The first-order valence-electron chi connectivity index (χ1n) is 5.66. The number of aromatic amines is 1. The number of aromatic nitrogens is 2. The molecule has 0 aromatic carbocycles. The number of aromatic carboxylic acids is 1. The topological polar surface area (TPSA) is 136 Å². The van der Waals surface area contributed by atoms with Crippen LogP contribution < -0.4 is 4.72 Å². The zero-order valence-corrected chi connectivity index (χ0v) is 11.6. The van der Waals surface area contributed by atoms with Gasteiger partial charge in [0.1, 0.15) is 16.5 Å². The number of hydrogen-bond acceptors (Lipinski definition) is 5. The molecular formula is C12H10N4O4S. The van der Waals surface area contributed by atoms with Crippen LogP contribution >= 0.6 is 0 Å². The summed E-state index contributed by atoms with van der Waals surface area (Å²) in [7, 11) is -4.12.